The van der Waals surface area contributed by atoms with Crippen LogP contribution in [0.3, 0.4) is 0 Å². The standard InChI is InChI=1S/C43H25N3O2/c1-2-11-27(12-3-1)41-44-42(30-21-20-26-10-4-5-13-28(26)24-30)46-43(45-41)34-16-9-19-37-40(34)33-23-22-29(25-38(33)48-37)31-15-8-18-36-39(31)32-14-6-7-17-35(32)47-36/h1-25H. The van der Waals surface area contributed by atoms with Crippen LogP contribution >= 0.6 is 0 Å². The van der Waals surface area contributed by atoms with Crippen molar-refractivity contribution in [1.82, 2.24) is 15.0 Å². The molecule has 0 aliphatic carbocycles. The first-order valence-corrected chi connectivity index (χ1v) is 15.9. The molecule has 0 saturated carbocycles. The average molecular weight is 616 g/mol. The van der Waals surface area contributed by atoms with E-state index in [-0.39, 0.29) is 0 Å². The van der Waals surface area contributed by atoms with Gasteiger partial charge in [-0.25, -0.2) is 15.0 Å². The van der Waals surface area contributed by atoms with Crippen LogP contribution in [0.25, 0.3) is 99.9 Å². The lowest BCUT2D eigenvalue weighted by molar-refractivity contribution is 0.668. The minimum atomic E-state index is 0.596. The van der Waals surface area contributed by atoms with Gasteiger partial charge in [0.2, 0.25) is 0 Å². The summed E-state index contributed by atoms with van der Waals surface area (Å²) >= 11 is 0. The largest absolute Gasteiger partial charge is 0.456 e. The summed E-state index contributed by atoms with van der Waals surface area (Å²) in [7, 11) is 0. The van der Waals surface area contributed by atoms with E-state index in [1.165, 1.54) is 5.39 Å². The highest BCUT2D eigenvalue weighted by molar-refractivity contribution is 6.15. The van der Waals surface area contributed by atoms with Gasteiger partial charge in [0, 0.05) is 38.2 Å². The van der Waals surface area contributed by atoms with Gasteiger partial charge in [-0.15, -0.1) is 0 Å². The van der Waals surface area contributed by atoms with Crippen LogP contribution in [0.1, 0.15) is 0 Å². The van der Waals surface area contributed by atoms with Gasteiger partial charge in [-0.3, -0.25) is 0 Å². The van der Waals surface area contributed by atoms with Crippen molar-refractivity contribution >= 4 is 54.6 Å². The molecule has 7 aromatic carbocycles. The van der Waals surface area contributed by atoms with E-state index < -0.39 is 0 Å². The molecule has 0 atom stereocenters. The Morgan fingerprint density at radius 3 is 1.79 bits per heavy atom. The fraction of sp³-hybridized carbons (Fsp3) is 0. The van der Waals surface area contributed by atoms with Gasteiger partial charge >= 0.3 is 0 Å². The third kappa shape index (κ3) is 4.22. The number of aromatic nitrogens is 3. The highest BCUT2D eigenvalue weighted by Crippen LogP contribution is 2.41. The molecule has 0 fully saturated rings. The molecular formula is C43H25N3O2. The Labute approximate surface area is 274 Å². The maximum Gasteiger partial charge on any atom is 0.164 e. The molecule has 0 amide bonds. The van der Waals surface area contributed by atoms with E-state index in [1.54, 1.807) is 0 Å². The van der Waals surface area contributed by atoms with Gasteiger partial charge < -0.3 is 8.83 Å². The molecule has 5 nitrogen and oxygen atoms in total. The van der Waals surface area contributed by atoms with E-state index in [9.17, 15) is 0 Å². The van der Waals surface area contributed by atoms with Crippen molar-refractivity contribution in [3.05, 3.63) is 152 Å². The topological polar surface area (TPSA) is 65.0 Å². The monoisotopic (exact) mass is 615 g/mol. The number of benzene rings is 7. The van der Waals surface area contributed by atoms with E-state index in [0.29, 0.717) is 17.5 Å². The molecule has 3 heterocycles. The number of fused-ring (bicyclic) bond motifs is 7. The summed E-state index contributed by atoms with van der Waals surface area (Å²) in [5.41, 5.74) is 8.24. The van der Waals surface area contributed by atoms with Crippen molar-refractivity contribution in [3.63, 3.8) is 0 Å². The number of furan rings is 2. The van der Waals surface area contributed by atoms with Gasteiger partial charge in [0.05, 0.1) is 0 Å². The minimum absolute atomic E-state index is 0.596. The molecule has 0 radical (unpaired) electrons. The van der Waals surface area contributed by atoms with Gasteiger partial charge in [-0.2, -0.15) is 0 Å². The van der Waals surface area contributed by atoms with Crippen LogP contribution in [0, 0.1) is 0 Å². The average Bonchev–Trinajstić information content (AvgIpc) is 3.73. The SMILES string of the molecule is c1ccc(-c2nc(-c3ccc4ccccc4c3)nc(-c3cccc4oc5cc(-c6cccc7oc8ccccc8c67)ccc5c34)n2)cc1. The summed E-state index contributed by atoms with van der Waals surface area (Å²) in [5, 5.41) is 6.48. The minimum Gasteiger partial charge on any atom is -0.456 e. The quantitative estimate of drug-likeness (QED) is 0.197. The smallest absolute Gasteiger partial charge is 0.164 e. The molecule has 224 valence electrons. The molecule has 0 spiro atoms. The van der Waals surface area contributed by atoms with Crippen molar-refractivity contribution in [3.8, 4) is 45.3 Å². The first kappa shape index (κ1) is 26.6. The highest BCUT2D eigenvalue weighted by Gasteiger charge is 2.19. The predicted molar refractivity (Wildman–Crippen MR) is 194 cm³/mol. The molecular weight excluding hydrogens is 590 g/mol. The van der Waals surface area contributed by atoms with Crippen molar-refractivity contribution in [2.75, 3.05) is 0 Å². The van der Waals surface area contributed by atoms with E-state index in [2.05, 4.69) is 72.8 Å². The number of hydrogen-bond donors (Lipinski definition) is 0. The van der Waals surface area contributed by atoms with E-state index in [4.69, 9.17) is 23.8 Å². The van der Waals surface area contributed by atoms with E-state index >= 15 is 0 Å². The molecule has 5 heteroatoms. The highest BCUT2D eigenvalue weighted by atomic mass is 16.3. The van der Waals surface area contributed by atoms with E-state index in [1.807, 2.05) is 78.9 Å². The Morgan fingerprint density at radius 1 is 0.333 bits per heavy atom. The molecule has 0 bridgehead atoms. The third-order valence-corrected chi connectivity index (χ3v) is 9.13. The van der Waals surface area contributed by atoms with Gasteiger partial charge in [0.25, 0.3) is 0 Å². The fourth-order valence-electron chi connectivity index (χ4n) is 6.87. The Kier molecular flexibility index (Phi) is 5.81. The van der Waals surface area contributed by atoms with Crippen molar-refractivity contribution in [2.45, 2.75) is 0 Å². The summed E-state index contributed by atoms with van der Waals surface area (Å²) in [4.78, 5) is 15.1. The Morgan fingerprint density at radius 2 is 0.938 bits per heavy atom. The van der Waals surface area contributed by atoms with Crippen molar-refractivity contribution in [2.24, 2.45) is 0 Å². The van der Waals surface area contributed by atoms with Crippen LogP contribution in [0.4, 0.5) is 0 Å². The van der Waals surface area contributed by atoms with Crippen LogP contribution in [0.2, 0.25) is 0 Å². The number of rotatable bonds is 4. The van der Waals surface area contributed by atoms with Crippen LogP contribution in [0.15, 0.2) is 160 Å². The number of para-hydroxylation sites is 1. The second kappa shape index (κ2) is 10.5. The maximum atomic E-state index is 6.54. The van der Waals surface area contributed by atoms with Crippen LogP contribution in [-0.2, 0) is 0 Å². The number of hydrogen-bond acceptors (Lipinski definition) is 5. The summed E-state index contributed by atoms with van der Waals surface area (Å²) in [6, 6.07) is 51.6. The Bertz CT molecular complexity index is 2850. The zero-order valence-corrected chi connectivity index (χ0v) is 25.6. The molecule has 0 aliphatic heterocycles. The second-order valence-electron chi connectivity index (χ2n) is 12.0. The molecule has 0 N–H and O–H groups in total. The number of nitrogens with zero attached hydrogens (tertiary/aromatic N) is 3. The van der Waals surface area contributed by atoms with Crippen molar-refractivity contribution in [1.29, 1.82) is 0 Å². The zero-order valence-electron chi connectivity index (χ0n) is 25.6. The molecule has 3 aromatic heterocycles. The van der Waals surface area contributed by atoms with Crippen molar-refractivity contribution < 1.29 is 8.83 Å². The molecule has 0 saturated heterocycles. The summed E-state index contributed by atoms with van der Waals surface area (Å²) in [6.45, 7) is 0. The summed E-state index contributed by atoms with van der Waals surface area (Å²) in [6.07, 6.45) is 0. The lowest BCUT2D eigenvalue weighted by atomic mass is 9.98. The zero-order chi connectivity index (χ0) is 31.6. The van der Waals surface area contributed by atoms with Gasteiger partial charge in [0.1, 0.15) is 22.3 Å². The Balaban J connectivity index is 1.17. The lowest BCUT2D eigenvalue weighted by Gasteiger charge is -2.10. The molecule has 10 rings (SSSR count). The van der Waals surface area contributed by atoms with Gasteiger partial charge in [0.15, 0.2) is 17.5 Å². The molecule has 0 aliphatic rings. The van der Waals surface area contributed by atoms with E-state index in [0.717, 1.165) is 77.1 Å². The first-order valence-electron chi connectivity index (χ1n) is 15.9. The first-order chi connectivity index (χ1) is 23.8. The van der Waals surface area contributed by atoms with Crippen LogP contribution < -0.4 is 0 Å². The Hall–Kier alpha value is -6.59. The lowest BCUT2D eigenvalue weighted by Crippen LogP contribution is -2.00. The summed E-state index contributed by atoms with van der Waals surface area (Å²) < 4.78 is 12.7. The van der Waals surface area contributed by atoms with Gasteiger partial charge in [-0.1, -0.05) is 115 Å². The van der Waals surface area contributed by atoms with Crippen LogP contribution in [0.5, 0.6) is 0 Å². The molecule has 10 aromatic rings. The normalized spacial score (nSPS) is 11.8. The second-order valence-corrected chi connectivity index (χ2v) is 12.0. The molecule has 0 unspecified atom stereocenters. The molecule has 48 heavy (non-hydrogen) atoms. The third-order valence-electron chi connectivity index (χ3n) is 9.13. The van der Waals surface area contributed by atoms with Crippen LogP contribution in [-0.4, -0.2) is 15.0 Å². The maximum absolute atomic E-state index is 6.54. The fourth-order valence-corrected chi connectivity index (χ4v) is 6.87. The summed E-state index contributed by atoms with van der Waals surface area (Å²) in [5.74, 6) is 1.84. The van der Waals surface area contributed by atoms with Gasteiger partial charge in [-0.05, 0) is 58.3 Å². The predicted octanol–water partition coefficient (Wildman–Crippen LogP) is 11.5.